The first kappa shape index (κ1) is 15.9. The molecule has 0 bridgehead atoms. The van der Waals surface area contributed by atoms with E-state index in [0.29, 0.717) is 19.1 Å². The Morgan fingerprint density at radius 3 is 2.92 bits per heavy atom. The van der Waals surface area contributed by atoms with Crippen LogP contribution >= 0.6 is 0 Å². The average molecular weight is 329 g/mol. The monoisotopic (exact) mass is 329 g/mol. The van der Waals surface area contributed by atoms with Gasteiger partial charge in [0.15, 0.2) is 0 Å². The molecule has 2 atom stereocenters. The van der Waals surface area contributed by atoms with Gasteiger partial charge in [-0.3, -0.25) is 9.48 Å². The second-order valence-corrected chi connectivity index (χ2v) is 7.56. The maximum atomic E-state index is 12.9. The van der Waals surface area contributed by atoms with Crippen LogP contribution in [0.5, 0.6) is 0 Å². The third-order valence-corrected chi connectivity index (χ3v) is 5.55. The number of ether oxygens (including phenoxy) is 1. The highest BCUT2D eigenvalue weighted by Crippen LogP contribution is 2.32. The van der Waals surface area contributed by atoms with E-state index in [9.17, 15) is 4.79 Å². The molecule has 0 radical (unpaired) electrons. The molecule has 4 rings (SSSR count). The summed E-state index contributed by atoms with van der Waals surface area (Å²) in [5.41, 5.74) is 2.43. The Morgan fingerprint density at radius 1 is 1.29 bits per heavy atom. The summed E-state index contributed by atoms with van der Waals surface area (Å²) in [6.07, 6.45) is 11.8. The Bertz CT molecular complexity index is 633. The smallest absolute Gasteiger partial charge is 0.226 e. The standard InChI is InChI=1S/C19H27N3O2/c1-21-18-16(9-20-21)10-22(19(23)15-5-3-2-4-6-15)11-17(18)13-24-12-14-7-8-14/h2-3,9,14-15,17H,4-8,10-13H2,1H3. The van der Waals surface area contributed by atoms with Crippen LogP contribution in [0.25, 0.3) is 0 Å². The van der Waals surface area contributed by atoms with Gasteiger partial charge in [0.2, 0.25) is 5.91 Å². The number of carbonyl (C=O) groups excluding carboxylic acids is 1. The predicted octanol–water partition coefficient (Wildman–Crippen LogP) is 2.63. The molecular weight excluding hydrogens is 302 g/mol. The molecule has 1 aliphatic heterocycles. The van der Waals surface area contributed by atoms with E-state index in [0.717, 1.165) is 38.3 Å². The van der Waals surface area contributed by atoms with Crippen molar-refractivity contribution in [3.05, 3.63) is 29.6 Å². The van der Waals surface area contributed by atoms with E-state index in [1.165, 1.54) is 24.1 Å². The SMILES string of the molecule is Cn1ncc2c1C(COCC1CC1)CN(C(=O)C1CC=CCC1)C2. The maximum Gasteiger partial charge on any atom is 0.226 e. The molecule has 1 amide bonds. The predicted molar refractivity (Wildman–Crippen MR) is 91.4 cm³/mol. The van der Waals surface area contributed by atoms with E-state index in [1.54, 1.807) is 0 Å². The first-order valence-corrected chi connectivity index (χ1v) is 9.24. The number of aromatic nitrogens is 2. The molecule has 5 heteroatoms. The van der Waals surface area contributed by atoms with Crippen LogP contribution in [-0.4, -0.2) is 40.3 Å². The molecule has 1 saturated carbocycles. The number of amides is 1. The van der Waals surface area contributed by atoms with Gasteiger partial charge >= 0.3 is 0 Å². The van der Waals surface area contributed by atoms with E-state index in [4.69, 9.17) is 4.74 Å². The lowest BCUT2D eigenvalue weighted by Gasteiger charge is -2.35. The van der Waals surface area contributed by atoms with Gasteiger partial charge in [0.1, 0.15) is 0 Å². The minimum Gasteiger partial charge on any atom is -0.380 e. The summed E-state index contributed by atoms with van der Waals surface area (Å²) in [4.78, 5) is 15.0. The third kappa shape index (κ3) is 3.27. The van der Waals surface area contributed by atoms with Crippen molar-refractivity contribution in [3.63, 3.8) is 0 Å². The van der Waals surface area contributed by atoms with Gasteiger partial charge < -0.3 is 9.64 Å². The van der Waals surface area contributed by atoms with Gasteiger partial charge in [-0.1, -0.05) is 12.2 Å². The highest BCUT2D eigenvalue weighted by molar-refractivity contribution is 5.79. The Hall–Kier alpha value is -1.62. The highest BCUT2D eigenvalue weighted by atomic mass is 16.5. The van der Waals surface area contributed by atoms with E-state index in [-0.39, 0.29) is 11.8 Å². The molecule has 0 N–H and O–H groups in total. The maximum absolute atomic E-state index is 12.9. The summed E-state index contributed by atoms with van der Waals surface area (Å²) in [5.74, 6) is 1.47. The fourth-order valence-corrected chi connectivity index (χ4v) is 4.00. The number of hydrogen-bond acceptors (Lipinski definition) is 3. The molecule has 3 aliphatic rings. The first-order valence-electron chi connectivity index (χ1n) is 9.24. The van der Waals surface area contributed by atoms with Gasteiger partial charge in [-0.25, -0.2) is 0 Å². The zero-order valence-corrected chi connectivity index (χ0v) is 14.5. The van der Waals surface area contributed by atoms with E-state index < -0.39 is 0 Å². The van der Waals surface area contributed by atoms with Crippen LogP contribution in [0.2, 0.25) is 0 Å². The molecule has 0 aromatic carbocycles. The van der Waals surface area contributed by atoms with Gasteiger partial charge in [-0.2, -0.15) is 5.10 Å². The molecule has 24 heavy (non-hydrogen) atoms. The zero-order chi connectivity index (χ0) is 16.5. The van der Waals surface area contributed by atoms with Crippen molar-refractivity contribution in [2.24, 2.45) is 18.9 Å². The van der Waals surface area contributed by atoms with Crippen LogP contribution in [0.3, 0.4) is 0 Å². The van der Waals surface area contributed by atoms with Crippen LogP contribution < -0.4 is 0 Å². The molecule has 1 aromatic heterocycles. The van der Waals surface area contributed by atoms with Crippen molar-refractivity contribution in [1.29, 1.82) is 0 Å². The van der Waals surface area contributed by atoms with Crippen LogP contribution in [0.4, 0.5) is 0 Å². The molecule has 2 heterocycles. The number of carbonyl (C=O) groups is 1. The Labute approximate surface area is 143 Å². The second kappa shape index (κ2) is 6.71. The normalized spacial score (nSPS) is 26.5. The summed E-state index contributed by atoms with van der Waals surface area (Å²) >= 11 is 0. The molecule has 1 aromatic rings. The van der Waals surface area contributed by atoms with Gasteiger partial charge in [0.25, 0.3) is 0 Å². The summed E-state index contributed by atoms with van der Waals surface area (Å²) in [6, 6.07) is 0. The van der Waals surface area contributed by atoms with Crippen molar-refractivity contribution < 1.29 is 9.53 Å². The molecule has 130 valence electrons. The third-order valence-electron chi connectivity index (χ3n) is 5.55. The minimum atomic E-state index is 0.154. The molecule has 2 aliphatic carbocycles. The Morgan fingerprint density at radius 2 is 2.17 bits per heavy atom. The number of fused-ring (bicyclic) bond motifs is 1. The summed E-state index contributed by atoms with van der Waals surface area (Å²) in [6.45, 7) is 3.01. The molecule has 0 saturated heterocycles. The van der Waals surface area contributed by atoms with Gasteiger partial charge in [0.05, 0.1) is 18.5 Å². The fourth-order valence-electron chi connectivity index (χ4n) is 4.00. The average Bonchev–Trinajstić information content (AvgIpc) is 3.36. The fraction of sp³-hybridized carbons (Fsp3) is 0.684. The van der Waals surface area contributed by atoms with E-state index >= 15 is 0 Å². The van der Waals surface area contributed by atoms with E-state index in [2.05, 4.69) is 17.3 Å². The van der Waals surface area contributed by atoms with Crippen molar-refractivity contribution in [2.75, 3.05) is 19.8 Å². The second-order valence-electron chi connectivity index (χ2n) is 7.56. The largest absolute Gasteiger partial charge is 0.380 e. The number of hydrogen-bond donors (Lipinski definition) is 0. The van der Waals surface area contributed by atoms with Crippen molar-refractivity contribution in [2.45, 2.75) is 44.6 Å². The minimum absolute atomic E-state index is 0.154. The topological polar surface area (TPSA) is 47.4 Å². The highest BCUT2D eigenvalue weighted by Gasteiger charge is 2.34. The molecule has 2 unspecified atom stereocenters. The van der Waals surface area contributed by atoms with Crippen LogP contribution in [-0.2, 0) is 23.1 Å². The first-order chi connectivity index (χ1) is 11.7. The van der Waals surface area contributed by atoms with E-state index in [1.807, 2.05) is 22.8 Å². The van der Waals surface area contributed by atoms with Crippen molar-refractivity contribution in [1.82, 2.24) is 14.7 Å². The molecule has 0 spiro atoms. The molecular formula is C19H27N3O2. The summed E-state index contributed by atoms with van der Waals surface area (Å²) in [7, 11) is 2.00. The summed E-state index contributed by atoms with van der Waals surface area (Å²) < 4.78 is 7.93. The van der Waals surface area contributed by atoms with Crippen LogP contribution in [0.15, 0.2) is 18.3 Å². The molecule has 1 fully saturated rings. The Kier molecular flexibility index (Phi) is 4.44. The lowest BCUT2D eigenvalue weighted by molar-refractivity contribution is -0.137. The van der Waals surface area contributed by atoms with Gasteiger partial charge in [-0.05, 0) is 38.0 Å². The number of allylic oxidation sites excluding steroid dienone is 2. The number of rotatable bonds is 5. The van der Waals surface area contributed by atoms with Gasteiger partial charge in [-0.15, -0.1) is 0 Å². The van der Waals surface area contributed by atoms with Crippen LogP contribution in [0.1, 0.15) is 49.3 Å². The lowest BCUT2D eigenvalue weighted by atomic mass is 9.90. The summed E-state index contributed by atoms with van der Waals surface area (Å²) in [5, 5.41) is 4.42. The quantitative estimate of drug-likeness (QED) is 0.780. The van der Waals surface area contributed by atoms with Crippen molar-refractivity contribution >= 4 is 5.91 Å². The lowest BCUT2D eigenvalue weighted by Crippen LogP contribution is -2.43. The number of nitrogens with zero attached hydrogens (tertiary/aromatic N) is 3. The van der Waals surface area contributed by atoms with Crippen molar-refractivity contribution in [3.8, 4) is 0 Å². The molecule has 5 nitrogen and oxygen atoms in total. The van der Waals surface area contributed by atoms with Crippen LogP contribution in [0, 0.1) is 11.8 Å². The van der Waals surface area contributed by atoms with Gasteiger partial charge in [0, 0.05) is 44.1 Å². The zero-order valence-electron chi connectivity index (χ0n) is 14.5. The number of aryl methyl sites for hydroxylation is 1. The Balaban J connectivity index is 1.46.